The molecule has 14 heavy (non-hydrogen) atoms. The molecule has 1 aromatic carbocycles. The van der Waals surface area contributed by atoms with Crippen molar-refractivity contribution in [3.8, 4) is 0 Å². The fraction of sp³-hybridized carbons (Fsp3) is 0.455. The van der Waals surface area contributed by atoms with Crippen LogP contribution in [0, 0.1) is 0 Å². The van der Waals surface area contributed by atoms with Gasteiger partial charge in [-0.2, -0.15) is 5.06 Å². The lowest BCUT2D eigenvalue weighted by atomic mass is 9.90. The molecule has 0 bridgehead atoms. The topological polar surface area (TPSA) is 24.7 Å². The van der Waals surface area contributed by atoms with Crippen LogP contribution in [0.5, 0.6) is 0 Å². The van der Waals surface area contributed by atoms with Crippen LogP contribution < -0.4 is 17.5 Å². The Hall–Kier alpha value is -0.570. The maximum absolute atomic E-state index is 9.29. The Morgan fingerprint density at radius 3 is 2.21 bits per heavy atom. The lowest BCUT2D eigenvalue weighted by Gasteiger charge is -2.24. The van der Waals surface area contributed by atoms with Crippen LogP contribution >= 0.6 is 0 Å². The van der Waals surface area contributed by atoms with Crippen molar-refractivity contribution in [2.45, 2.75) is 18.8 Å². The van der Waals surface area contributed by atoms with Crippen LogP contribution in [0.15, 0.2) is 30.3 Å². The predicted molar refractivity (Wildman–Crippen MR) is 50.9 cm³/mol. The van der Waals surface area contributed by atoms with Crippen molar-refractivity contribution in [1.82, 2.24) is 0 Å². The molecule has 78 valence electrons. The number of hydrogen-bond acceptors (Lipinski definition) is 1. The number of hydroxylamine groups is 2. The van der Waals surface area contributed by atoms with Crippen molar-refractivity contribution in [3.05, 3.63) is 35.9 Å². The maximum Gasteiger partial charge on any atom is 0.107 e. The molecule has 2 nitrogen and oxygen atoms in total. The van der Waals surface area contributed by atoms with Crippen molar-refractivity contribution in [2.24, 2.45) is 0 Å². The molecule has 1 fully saturated rings. The second kappa shape index (κ2) is 5.35. The Kier molecular flexibility index (Phi) is 4.39. The minimum Gasteiger partial charge on any atom is -1.00 e. The van der Waals surface area contributed by atoms with Gasteiger partial charge in [0.1, 0.15) is 13.1 Å². The molecule has 0 amide bonds. The van der Waals surface area contributed by atoms with Crippen molar-refractivity contribution < 1.29 is 22.7 Å². The van der Waals surface area contributed by atoms with Crippen LogP contribution in [0.4, 0.5) is 0 Å². The normalized spacial score (nSPS) is 26.6. The number of quaternary nitrogens is 1. The minimum atomic E-state index is 0. The van der Waals surface area contributed by atoms with E-state index in [-0.39, 0.29) is 12.4 Å². The zero-order valence-electron chi connectivity index (χ0n) is 8.12. The summed E-state index contributed by atoms with van der Waals surface area (Å²) in [7, 11) is 0. The molecule has 1 saturated heterocycles. The quantitative estimate of drug-likeness (QED) is 0.546. The van der Waals surface area contributed by atoms with Gasteiger partial charge in [-0.3, -0.25) is 0 Å². The van der Waals surface area contributed by atoms with E-state index in [1.165, 1.54) is 5.56 Å². The van der Waals surface area contributed by atoms with Crippen LogP contribution in [0.1, 0.15) is 24.3 Å². The van der Waals surface area contributed by atoms with Crippen molar-refractivity contribution >= 4 is 0 Å². The third-order valence-electron chi connectivity index (χ3n) is 2.83. The van der Waals surface area contributed by atoms with Crippen LogP contribution in [0.25, 0.3) is 0 Å². The average Bonchev–Trinajstić information content (AvgIpc) is 2.20. The number of benzene rings is 1. The molecule has 0 aliphatic carbocycles. The highest BCUT2D eigenvalue weighted by molar-refractivity contribution is 5.19. The average molecular weight is 214 g/mol. The molecule has 1 heterocycles. The predicted octanol–water partition coefficient (Wildman–Crippen LogP) is -2.16. The van der Waals surface area contributed by atoms with E-state index in [4.69, 9.17) is 0 Å². The zero-order chi connectivity index (χ0) is 9.10. The monoisotopic (exact) mass is 213 g/mol. The molecule has 1 aliphatic heterocycles. The van der Waals surface area contributed by atoms with E-state index in [0.29, 0.717) is 11.0 Å². The number of nitrogens with one attached hydrogen (secondary N) is 1. The van der Waals surface area contributed by atoms with E-state index in [9.17, 15) is 5.21 Å². The number of rotatable bonds is 1. The largest absolute Gasteiger partial charge is 1.00 e. The summed E-state index contributed by atoms with van der Waals surface area (Å²) in [6, 6.07) is 10.6. The second-order valence-corrected chi connectivity index (χ2v) is 3.75. The van der Waals surface area contributed by atoms with Crippen molar-refractivity contribution in [2.75, 3.05) is 13.1 Å². The first-order valence-electron chi connectivity index (χ1n) is 4.95. The number of halogens is 1. The Morgan fingerprint density at radius 1 is 1.07 bits per heavy atom. The van der Waals surface area contributed by atoms with Gasteiger partial charge in [-0.05, 0) is 11.5 Å². The van der Waals surface area contributed by atoms with Gasteiger partial charge < -0.3 is 12.4 Å². The Bertz CT molecular complexity index is 257. The Morgan fingerprint density at radius 2 is 1.64 bits per heavy atom. The highest BCUT2D eigenvalue weighted by atomic mass is 35.5. The van der Waals surface area contributed by atoms with Gasteiger partial charge in [-0.15, -0.1) is 0 Å². The Balaban J connectivity index is 0.000000980. The molecular weight excluding hydrogens is 198 g/mol. The molecule has 1 aliphatic rings. The van der Waals surface area contributed by atoms with Gasteiger partial charge in [0.15, 0.2) is 0 Å². The fourth-order valence-electron chi connectivity index (χ4n) is 2.01. The lowest BCUT2D eigenvalue weighted by Crippen LogP contribution is -3.10. The zero-order valence-corrected chi connectivity index (χ0v) is 8.87. The maximum atomic E-state index is 9.29. The summed E-state index contributed by atoms with van der Waals surface area (Å²) in [6.07, 6.45) is 2.21. The molecule has 0 aromatic heterocycles. The smallest absolute Gasteiger partial charge is 0.107 e. The van der Waals surface area contributed by atoms with E-state index in [1.54, 1.807) is 0 Å². The summed E-state index contributed by atoms with van der Waals surface area (Å²) < 4.78 is 0. The molecule has 0 atom stereocenters. The first kappa shape index (κ1) is 11.5. The molecule has 2 N–H and O–H groups in total. The van der Waals surface area contributed by atoms with Crippen molar-refractivity contribution in [1.29, 1.82) is 0 Å². The van der Waals surface area contributed by atoms with Gasteiger partial charge in [0.05, 0.1) is 0 Å². The van der Waals surface area contributed by atoms with E-state index < -0.39 is 0 Å². The van der Waals surface area contributed by atoms with Crippen molar-refractivity contribution in [3.63, 3.8) is 0 Å². The third-order valence-corrected chi connectivity index (χ3v) is 2.83. The highest BCUT2D eigenvalue weighted by Crippen LogP contribution is 2.22. The summed E-state index contributed by atoms with van der Waals surface area (Å²) in [5.74, 6) is 0.664. The first-order chi connectivity index (χ1) is 6.36. The fourth-order valence-corrected chi connectivity index (χ4v) is 2.01. The van der Waals surface area contributed by atoms with Crippen LogP contribution in [0.3, 0.4) is 0 Å². The van der Waals surface area contributed by atoms with Gasteiger partial charge in [0, 0.05) is 12.8 Å². The lowest BCUT2D eigenvalue weighted by molar-refractivity contribution is -1.09. The van der Waals surface area contributed by atoms with E-state index in [2.05, 4.69) is 30.3 Å². The van der Waals surface area contributed by atoms with Gasteiger partial charge in [0.25, 0.3) is 0 Å². The summed E-state index contributed by atoms with van der Waals surface area (Å²) in [6.45, 7) is 1.78. The third kappa shape index (κ3) is 2.71. The molecular formula is C11H16ClNO. The van der Waals surface area contributed by atoms with Gasteiger partial charge >= 0.3 is 0 Å². The van der Waals surface area contributed by atoms with Crippen LogP contribution in [-0.2, 0) is 0 Å². The van der Waals surface area contributed by atoms with E-state index in [1.807, 2.05) is 0 Å². The van der Waals surface area contributed by atoms with E-state index in [0.717, 1.165) is 25.9 Å². The second-order valence-electron chi connectivity index (χ2n) is 3.75. The van der Waals surface area contributed by atoms with E-state index >= 15 is 0 Å². The molecule has 3 heteroatoms. The SMILES string of the molecule is O[NH+]1CCC(c2ccccc2)CC1.[Cl-]. The highest BCUT2D eigenvalue weighted by Gasteiger charge is 2.21. The minimum absolute atomic E-state index is 0. The standard InChI is InChI=1S/C11H15NO.ClH/c13-12-8-6-11(7-9-12)10-4-2-1-3-5-10;/h1-5,11,13H,6-9H2;1H. The summed E-state index contributed by atoms with van der Waals surface area (Å²) in [4.78, 5) is 0. The van der Waals surface area contributed by atoms with Gasteiger partial charge in [-0.1, -0.05) is 30.3 Å². The van der Waals surface area contributed by atoms with Gasteiger partial charge in [-0.25, -0.2) is 5.21 Å². The number of piperidine rings is 1. The summed E-state index contributed by atoms with van der Waals surface area (Å²) in [5, 5.41) is 9.98. The molecule has 0 saturated carbocycles. The Labute approximate surface area is 90.9 Å². The molecule has 0 unspecified atom stereocenters. The van der Waals surface area contributed by atoms with Crippen LogP contribution in [-0.4, -0.2) is 18.3 Å². The molecule has 0 spiro atoms. The molecule has 0 radical (unpaired) electrons. The first-order valence-corrected chi connectivity index (χ1v) is 4.95. The van der Waals surface area contributed by atoms with Gasteiger partial charge in [0.2, 0.25) is 0 Å². The summed E-state index contributed by atoms with van der Waals surface area (Å²) in [5.41, 5.74) is 1.43. The molecule has 1 aromatic rings. The number of hydrogen-bond donors (Lipinski definition) is 2. The van der Waals surface area contributed by atoms with Crippen LogP contribution in [0.2, 0.25) is 0 Å². The molecule has 2 rings (SSSR count). The summed E-state index contributed by atoms with van der Waals surface area (Å²) >= 11 is 0.